The Bertz CT molecular complexity index is 554. The Morgan fingerprint density at radius 2 is 2.12 bits per heavy atom. The first-order valence-electron chi connectivity index (χ1n) is 5.63. The van der Waals surface area contributed by atoms with Crippen molar-refractivity contribution in [2.75, 3.05) is 6.54 Å². The molecular formula is C13H15ClN2. The van der Waals surface area contributed by atoms with Crippen molar-refractivity contribution in [1.82, 2.24) is 10.3 Å². The fourth-order valence-corrected chi connectivity index (χ4v) is 2.78. The molecular weight excluding hydrogens is 220 g/mol. The molecule has 1 aliphatic heterocycles. The number of aromatic nitrogens is 1. The molecule has 2 aromatic rings. The van der Waals surface area contributed by atoms with Gasteiger partial charge in [0.25, 0.3) is 0 Å². The summed E-state index contributed by atoms with van der Waals surface area (Å²) in [6.07, 6.45) is 1.08. The Morgan fingerprint density at radius 1 is 1.31 bits per heavy atom. The van der Waals surface area contributed by atoms with Crippen molar-refractivity contribution in [2.24, 2.45) is 0 Å². The van der Waals surface area contributed by atoms with E-state index in [1.54, 1.807) is 0 Å². The molecule has 2 heterocycles. The monoisotopic (exact) mass is 234 g/mol. The first-order valence-corrected chi connectivity index (χ1v) is 6.01. The number of hydrogen-bond acceptors (Lipinski definition) is 1. The Morgan fingerprint density at radius 3 is 2.94 bits per heavy atom. The smallest absolute Gasteiger partial charge is 0.0532 e. The number of benzene rings is 1. The minimum atomic E-state index is 0.0269. The first kappa shape index (κ1) is 10.2. The predicted molar refractivity (Wildman–Crippen MR) is 68.0 cm³/mol. The Kier molecular flexibility index (Phi) is 2.07. The van der Waals surface area contributed by atoms with E-state index in [0.29, 0.717) is 0 Å². The Hall–Kier alpha value is -0.990. The number of halogens is 1. The maximum atomic E-state index is 6.02. The highest BCUT2D eigenvalue weighted by Gasteiger charge is 2.29. The number of hydrogen-bond donors (Lipinski definition) is 2. The van der Waals surface area contributed by atoms with Crippen LogP contribution in [0, 0.1) is 0 Å². The lowest BCUT2D eigenvalue weighted by Gasteiger charge is -2.31. The summed E-state index contributed by atoms with van der Waals surface area (Å²) in [5.74, 6) is 0. The highest BCUT2D eigenvalue weighted by molar-refractivity contribution is 6.31. The zero-order valence-corrected chi connectivity index (χ0v) is 10.3. The topological polar surface area (TPSA) is 27.8 Å². The third-order valence-corrected chi connectivity index (χ3v) is 3.67. The number of aromatic amines is 1. The highest BCUT2D eigenvalue weighted by Crippen LogP contribution is 2.33. The van der Waals surface area contributed by atoms with E-state index < -0.39 is 0 Å². The summed E-state index contributed by atoms with van der Waals surface area (Å²) in [5.41, 5.74) is 3.92. The summed E-state index contributed by atoms with van der Waals surface area (Å²) in [7, 11) is 0. The molecule has 1 aromatic heterocycles. The van der Waals surface area contributed by atoms with Crippen molar-refractivity contribution in [3.63, 3.8) is 0 Å². The number of H-pyrrole nitrogens is 1. The third-order valence-electron chi connectivity index (χ3n) is 3.44. The number of rotatable bonds is 0. The zero-order chi connectivity index (χ0) is 11.3. The Balaban J connectivity index is 2.32. The molecule has 0 atom stereocenters. The average molecular weight is 235 g/mol. The van der Waals surface area contributed by atoms with Gasteiger partial charge < -0.3 is 10.3 Å². The van der Waals surface area contributed by atoms with Crippen LogP contribution in [0.4, 0.5) is 0 Å². The van der Waals surface area contributed by atoms with Crippen LogP contribution in [-0.2, 0) is 12.0 Å². The molecule has 0 radical (unpaired) electrons. The van der Waals surface area contributed by atoms with Gasteiger partial charge in [0.15, 0.2) is 0 Å². The number of fused-ring (bicyclic) bond motifs is 3. The van der Waals surface area contributed by atoms with Gasteiger partial charge in [-0.15, -0.1) is 0 Å². The van der Waals surface area contributed by atoms with Crippen molar-refractivity contribution in [2.45, 2.75) is 25.8 Å². The molecule has 3 rings (SSSR count). The summed E-state index contributed by atoms with van der Waals surface area (Å²) >= 11 is 6.02. The zero-order valence-electron chi connectivity index (χ0n) is 9.52. The van der Waals surface area contributed by atoms with Crippen molar-refractivity contribution < 1.29 is 0 Å². The second kappa shape index (κ2) is 3.25. The largest absolute Gasteiger partial charge is 0.357 e. The van der Waals surface area contributed by atoms with Crippen LogP contribution in [0.3, 0.4) is 0 Å². The standard InChI is InChI=1S/C13H15ClN2/c1-13(2)12-10(5-6-15-13)9-4-3-8(14)7-11(9)16-12/h3-4,7,15-16H,5-6H2,1-2H3. The highest BCUT2D eigenvalue weighted by atomic mass is 35.5. The van der Waals surface area contributed by atoms with E-state index in [1.165, 1.54) is 16.6 Å². The maximum Gasteiger partial charge on any atom is 0.0532 e. The molecule has 0 aliphatic carbocycles. The van der Waals surface area contributed by atoms with E-state index in [9.17, 15) is 0 Å². The lowest BCUT2D eigenvalue weighted by atomic mass is 9.90. The lowest BCUT2D eigenvalue weighted by Crippen LogP contribution is -2.42. The van der Waals surface area contributed by atoms with E-state index in [-0.39, 0.29) is 5.54 Å². The molecule has 1 aliphatic rings. The van der Waals surface area contributed by atoms with Gasteiger partial charge >= 0.3 is 0 Å². The van der Waals surface area contributed by atoms with Crippen LogP contribution in [0.15, 0.2) is 18.2 Å². The molecule has 3 heteroatoms. The molecule has 0 saturated carbocycles. The van der Waals surface area contributed by atoms with Crippen LogP contribution in [0.2, 0.25) is 5.02 Å². The third kappa shape index (κ3) is 1.37. The average Bonchev–Trinajstić information content (AvgIpc) is 2.57. The van der Waals surface area contributed by atoms with Crippen LogP contribution >= 0.6 is 11.6 Å². The second-order valence-corrected chi connectivity index (χ2v) is 5.41. The molecule has 0 fully saturated rings. The van der Waals surface area contributed by atoms with Crippen molar-refractivity contribution >= 4 is 22.5 Å². The molecule has 0 bridgehead atoms. The van der Waals surface area contributed by atoms with Gasteiger partial charge in [-0.1, -0.05) is 17.7 Å². The molecule has 1 aromatic carbocycles. The van der Waals surface area contributed by atoms with E-state index in [0.717, 1.165) is 23.5 Å². The minimum Gasteiger partial charge on any atom is -0.357 e. The molecule has 16 heavy (non-hydrogen) atoms. The Labute approximate surface area is 100.0 Å². The van der Waals surface area contributed by atoms with E-state index in [2.05, 4.69) is 30.2 Å². The van der Waals surface area contributed by atoms with Crippen molar-refractivity contribution in [3.8, 4) is 0 Å². The summed E-state index contributed by atoms with van der Waals surface area (Å²) in [4.78, 5) is 3.50. The molecule has 0 spiro atoms. The fourth-order valence-electron chi connectivity index (χ4n) is 2.61. The van der Waals surface area contributed by atoms with Crippen molar-refractivity contribution in [1.29, 1.82) is 0 Å². The van der Waals surface area contributed by atoms with Crippen LogP contribution in [0.5, 0.6) is 0 Å². The quantitative estimate of drug-likeness (QED) is 0.720. The van der Waals surface area contributed by atoms with E-state index in [1.807, 2.05) is 12.1 Å². The summed E-state index contributed by atoms with van der Waals surface area (Å²) < 4.78 is 0. The van der Waals surface area contributed by atoms with Crippen LogP contribution in [0.1, 0.15) is 25.1 Å². The lowest BCUT2D eigenvalue weighted by molar-refractivity contribution is 0.374. The van der Waals surface area contributed by atoms with Gasteiger partial charge in [-0.05, 0) is 38.0 Å². The molecule has 0 saturated heterocycles. The van der Waals surface area contributed by atoms with Gasteiger partial charge in [-0.2, -0.15) is 0 Å². The van der Waals surface area contributed by atoms with Crippen LogP contribution < -0.4 is 5.32 Å². The van der Waals surface area contributed by atoms with Crippen LogP contribution in [0.25, 0.3) is 10.9 Å². The summed E-state index contributed by atoms with van der Waals surface area (Å²) in [6, 6.07) is 6.09. The summed E-state index contributed by atoms with van der Waals surface area (Å²) in [6.45, 7) is 5.46. The van der Waals surface area contributed by atoms with Gasteiger partial charge in [-0.25, -0.2) is 0 Å². The van der Waals surface area contributed by atoms with Gasteiger partial charge in [0.05, 0.1) is 5.54 Å². The predicted octanol–water partition coefficient (Wildman–Crippen LogP) is 3.20. The van der Waals surface area contributed by atoms with E-state index in [4.69, 9.17) is 11.6 Å². The summed E-state index contributed by atoms with van der Waals surface area (Å²) in [5, 5.41) is 5.63. The minimum absolute atomic E-state index is 0.0269. The van der Waals surface area contributed by atoms with Crippen LogP contribution in [-0.4, -0.2) is 11.5 Å². The molecule has 2 nitrogen and oxygen atoms in total. The molecule has 0 unspecified atom stereocenters. The SMILES string of the molecule is CC1(C)NCCc2c1[nH]c1cc(Cl)ccc21. The normalized spacial score (nSPS) is 18.7. The molecule has 0 amide bonds. The van der Waals surface area contributed by atoms with Crippen molar-refractivity contribution in [3.05, 3.63) is 34.5 Å². The molecule has 84 valence electrons. The van der Waals surface area contributed by atoms with E-state index >= 15 is 0 Å². The van der Waals surface area contributed by atoms with Gasteiger partial charge in [0, 0.05) is 28.2 Å². The first-order chi connectivity index (χ1) is 7.58. The fraction of sp³-hybridized carbons (Fsp3) is 0.385. The van der Waals surface area contributed by atoms with Gasteiger partial charge in [0.2, 0.25) is 0 Å². The molecule has 2 N–H and O–H groups in total. The van der Waals surface area contributed by atoms with Gasteiger partial charge in [0.1, 0.15) is 0 Å². The second-order valence-electron chi connectivity index (χ2n) is 4.97. The maximum absolute atomic E-state index is 6.02. The van der Waals surface area contributed by atoms with Gasteiger partial charge in [-0.3, -0.25) is 0 Å². The number of nitrogens with one attached hydrogen (secondary N) is 2.